The number of halogens is 4. The van der Waals surface area contributed by atoms with Crippen molar-refractivity contribution in [3.63, 3.8) is 0 Å². The van der Waals surface area contributed by atoms with E-state index in [-0.39, 0.29) is 68.5 Å². The van der Waals surface area contributed by atoms with Crippen LogP contribution in [0.15, 0.2) is 91.0 Å². The fourth-order valence-corrected chi connectivity index (χ4v) is 17.1. The maximum atomic E-state index is 12.9. The van der Waals surface area contributed by atoms with Crippen molar-refractivity contribution in [2.45, 2.75) is 175 Å². The Morgan fingerprint density at radius 3 is 1.13 bits per heavy atom. The molecule has 16 rings (SSSR count). The minimum Gasteiger partial charge on any atom is -0.399 e. The summed E-state index contributed by atoms with van der Waals surface area (Å²) in [5, 5.41) is 38.9. The van der Waals surface area contributed by atoms with Gasteiger partial charge in [0.25, 0.3) is 0 Å². The normalized spacial score (nSPS) is 24.5. The van der Waals surface area contributed by atoms with Gasteiger partial charge in [-0.2, -0.15) is 26.7 Å². The zero-order chi connectivity index (χ0) is 84.1. The summed E-state index contributed by atoms with van der Waals surface area (Å²) in [6, 6.07) is 30.1. The standard InChI is InChI=1S/2C27H37N5O3.C20H28BF3N2O3.C13H18IN3O2.H2S/c2*1-4-20-7-8-31(16-20)27(34)28-22-6-5-18(2)23(15-22)21-13-25(30-9-11-35-12-10-30)29-26(14-21)32-17-24(33)19(32)3;1-13-6-7-15(10-16(13)21-28-18(2,3)19(4,5)29-21)25-17(27)26-9-8-14(12-26)11-20(22,23)24;1-9-11(18)8-17(9)13-7-10(14)6-12(15-13)16-2-4-19-5-3-16;/h2*5-6,13-15,19-20,24,33H,4,7-12,16-17H2,1-3H3,(H,28,34);6-7,10,14H,8-9,11-12H2,1-5H3,(H,25,27);6-7,9,11,18H,2-5,8H2,1H3;1H2/t19-,20+,24+;19-,20+,24-;14-;;/m000../s1. The van der Waals surface area contributed by atoms with Gasteiger partial charge < -0.3 is 98.9 Å². The number of rotatable bonds is 15. The van der Waals surface area contributed by atoms with Gasteiger partial charge >= 0.3 is 31.4 Å². The van der Waals surface area contributed by atoms with Crippen LogP contribution >= 0.6 is 36.1 Å². The first kappa shape index (κ1) is 90.6. The molecule has 0 bridgehead atoms. The number of nitrogens with one attached hydrogen (secondary N) is 3. The lowest BCUT2D eigenvalue weighted by Gasteiger charge is -2.44. The topological polar surface area (TPSA) is 262 Å². The summed E-state index contributed by atoms with van der Waals surface area (Å²) in [6.07, 6.45) is -1.20. The Labute approximate surface area is 720 Å². The molecule has 10 fully saturated rings. The van der Waals surface area contributed by atoms with Crippen LogP contribution in [0.25, 0.3) is 22.3 Å². The van der Waals surface area contributed by atoms with E-state index in [0.29, 0.717) is 76.6 Å². The maximum Gasteiger partial charge on any atom is 0.495 e. The van der Waals surface area contributed by atoms with Crippen LogP contribution < -0.4 is 50.8 Å². The summed E-state index contributed by atoms with van der Waals surface area (Å²) in [7, 11) is -0.556. The van der Waals surface area contributed by atoms with Gasteiger partial charge in [0.2, 0.25) is 0 Å². The molecule has 13 heterocycles. The number of ether oxygens (including phenoxy) is 3. The molecule has 32 heteroatoms. The number of hydrogen-bond acceptors (Lipinski definition) is 20. The molecule has 10 aliphatic rings. The molecule has 0 saturated carbocycles. The molecule has 9 atom stereocenters. The van der Waals surface area contributed by atoms with E-state index in [1.165, 1.54) is 8.47 Å². The lowest BCUT2D eigenvalue weighted by atomic mass is 9.76. The molecule has 648 valence electrons. The Kier molecular flexibility index (Phi) is 29.9. The number of alkyl halides is 3. The van der Waals surface area contributed by atoms with Crippen molar-refractivity contribution < 1.29 is 66.4 Å². The van der Waals surface area contributed by atoms with Crippen molar-refractivity contribution in [3.8, 4) is 22.3 Å². The number of anilines is 9. The van der Waals surface area contributed by atoms with Crippen LogP contribution in [0.4, 0.5) is 79.5 Å². The van der Waals surface area contributed by atoms with Crippen LogP contribution in [-0.4, -0.2) is 262 Å². The number of aromatic nitrogens is 3. The molecule has 6 aromatic rings. The molecule has 2 unspecified atom stereocenters. The third kappa shape index (κ3) is 22.1. The quantitative estimate of drug-likeness (QED) is 0.0412. The van der Waals surface area contributed by atoms with Crippen molar-refractivity contribution >= 4 is 119 Å². The third-order valence-corrected chi connectivity index (χ3v) is 26.2. The van der Waals surface area contributed by atoms with Gasteiger partial charge in [-0.25, -0.2) is 29.3 Å². The van der Waals surface area contributed by atoms with Gasteiger partial charge in [-0.05, 0) is 240 Å². The number of hydrogen-bond donors (Lipinski definition) is 6. The van der Waals surface area contributed by atoms with E-state index in [9.17, 15) is 42.9 Å². The van der Waals surface area contributed by atoms with Crippen LogP contribution in [0.2, 0.25) is 0 Å². The number of β-amino-alcohol motifs (C(OH)–C–C–N with tert-alkyl or cyclic N) is 3. The number of carbonyl (C=O) groups is 3. The van der Waals surface area contributed by atoms with E-state index in [1.54, 1.807) is 12.1 Å². The number of pyridine rings is 3. The van der Waals surface area contributed by atoms with Gasteiger partial charge in [-0.3, -0.25) is 0 Å². The average molecular weight is 1780 g/mol. The highest BCUT2D eigenvalue weighted by molar-refractivity contribution is 14.1. The lowest BCUT2D eigenvalue weighted by molar-refractivity contribution is -0.143. The summed E-state index contributed by atoms with van der Waals surface area (Å²) in [4.78, 5) is 71.5. The van der Waals surface area contributed by atoms with Gasteiger partial charge in [-0.1, -0.05) is 50.5 Å². The Hall–Kier alpha value is -7.67. The number of nitrogens with zero attached hydrogens (tertiary/aromatic N) is 12. The zero-order valence-electron chi connectivity index (χ0n) is 71.0. The fourth-order valence-electron chi connectivity index (χ4n) is 16.5. The smallest absolute Gasteiger partial charge is 0.399 e. The number of urea groups is 3. The largest absolute Gasteiger partial charge is 0.495 e. The molecule has 3 aromatic carbocycles. The Morgan fingerprint density at radius 1 is 0.471 bits per heavy atom. The molecule has 10 aliphatic heterocycles. The first-order valence-electron chi connectivity index (χ1n) is 42.2. The first-order valence-corrected chi connectivity index (χ1v) is 43.3. The molecule has 0 spiro atoms. The Balaban J connectivity index is 0.000000148. The molecular formula is C87H122BF3IN15O11S. The summed E-state index contributed by atoms with van der Waals surface area (Å²) in [6.45, 7) is 39.4. The van der Waals surface area contributed by atoms with E-state index in [0.717, 1.165) is 195 Å². The van der Waals surface area contributed by atoms with Gasteiger partial charge in [-0.15, -0.1) is 0 Å². The van der Waals surface area contributed by atoms with Crippen LogP contribution in [0.3, 0.4) is 0 Å². The highest BCUT2D eigenvalue weighted by Gasteiger charge is 2.52. The van der Waals surface area contributed by atoms with Crippen LogP contribution in [0.5, 0.6) is 0 Å². The van der Waals surface area contributed by atoms with Gasteiger partial charge in [0, 0.05) is 125 Å². The summed E-state index contributed by atoms with van der Waals surface area (Å²) >= 11 is 2.33. The number of aliphatic hydroxyl groups is 3. The highest BCUT2D eigenvalue weighted by Crippen LogP contribution is 2.41. The molecule has 0 aliphatic carbocycles. The number of aryl methyl sites for hydroxylation is 3. The molecule has 26 nitrogen and oxygen atoms in total. The average Bonchev–Trinajstić information content (AvgIpc) is 1.68. The molecule has 10 saturated heterocycles. The second kappa shape index (κ2) is 39.2. The molecule has 0 radical (unpaired) electrons. The highest BCUT2D eigenvalue weighted by atomic mass is 127. The van der Waals surface area contributed by atoms with Crippen molar-refractivity contribution in [1.29, 1.82) is 0 Å². The van der Waals surface area contributed by atoms with Gasteiger partial charge in [0.05, 0.1) is 87.3 Å². The monoisotopic (exact) mass is 1780 g/mol. The first-order chi connectivity index (χ1) is 56.3. The Morgan fingerprint density at radius 2 is 0.790 bits per heavy atom. The van der Waals surface area contributed by atoms with E-state index in [2.05, 4.69) is 156 Å². The van der Waals surface area contributed by atoms with E-state index in [4.69, 9.17) is 38.5 Å². The summed E-state index contributed by atoms with van der Waals surface area (Å²) < 4.78 is 67.6. The van der Waals surface area contributed by atoms with E-state index < -0.39 is 42.9 Å². The maximum absolute atomic E-state index is 12.9. The van der Waals surface area contributed by atoms with Gasteiger partial charge in [0.15, 0.2) is 0 Å². The molecule has 6 N–H and O–H groups in total. The fraction of sp³-hybridized carbons (Fsp3) is 0.586. The minimum absolute atomic E-state index is 0. The number of carbonyl (C=O) groups excluding carboxylic acids is 3. The second-order valence-electron chi connectivity index (χ2n) is 34.3. The molecule has 3 aromatic heterocycles. The number of aliphatic hydroxyl groups excluding tert-OH is 3. The van der Waals surface area contributed by atoms with E-state index in [1.807, 2.05) is 83.4 Å². The van der Waals surface area contributed by atoms with Crippen molar-refractivity contribution in [1.82, 2.24) is 29.7 Å². The number of benzene rings is 3. The SMILES string of the molecule is CC1C(O)CN1c1cc(I)cc(N2CCOCC2)n1.CC[C@@H]1CCN(C(=O)Nc2ccc(C)c(-c3cc(N4CCOCC4)nc(N4C[C@@H](O)[C@@H]4C)c3)c2)C1.CC[C@@H]1CCN(C(=O)Nc2ccc(C)c(-c3cc(N4CCOCC4)nc(N4C[C@H](O)[C@@H]4C)c3)c2)C1.Cc1ccc(NC(=O)N2CC[C@@H](CC(F)(F)F)C2)cc1B1OC(C)(C)C(C)(C)O1.S. The zero-order valence-corrected chi connectivity index (χ0v) is 74.2. The molecule has 6 amide bonds. The predicted molar refractivity (Wildman–Crippen MR) is 478 cm³/mol. The van der Waals surface area contributed by atoms with Crippen molar-refractivity contribution in [3.05, 3.63) is 111 Å². The van der Waals surface area contributed by atoms with Crippen LogP contribution in [-0.2, 0) is 23.5 Å². The third-order valence-electron chi connectivity index (χ3n) is 25.6. The number of morpholine rings is 3. The summed E-state index contributed by atoms with van der Waals surface area (Å²) in [5.74, 6) is 6.23. The van der Waals surface area contributed by atoms with Crippen molar-refractivity contribution in [2.75, 3.05) is 183 Å². The minimum atomic E-state index is -4.20. The van der Waals surface area contributed by atoms with Crippen LogP contribution in [0.1, 0.15) is 118 Å². The number of amides is 6. The Bertz CT molecular complexity index is 4240. The lowest BCUT2D eigenvalue weighted by Crippen LogP contribution is -2.59. The molecule has 119 heavy (non-hydrogen) atoms. The molecular weight excluding hydrogens is 1660 g/mol. The van der Waals surface area contributed by atoms with E-state index >= 15 is 0 Å². The second-order valence-corrected chi connectivity index (χ2v) is 35.5. The predicted octanol–water partition coefficient (Wildman–Crippen LogP) is 12.8. The van der Waals surface area contributed by atoms with Crippen LogP contribution in [0, 0.1) is 42.1 Å². The van der Waals surface area contributed by atoms with Gasteiger partial charge in [0.1, 0.15) is 34.9 Å². The van der Waals surface area contributed by atoms with Crippen molar-refractivity contribution in [2.24, 2.45) is 17.8 Å². The summed E-state index contributed by atoms with van der Waals surface area (Å²) in [5.41, 5.74) is 9.52. The number of likely N-dealkylation sites (tertiary alicyclic amines) is 3.